The monoisotopic (exact) mass is 383 g/mol. The Bertz CT molecular complexity index is 774. The van der Waals surface area contributed by atoms with Crippen molar-refractivity contribution in [3.8, 4) is 11.1 Å². The minimum Gasteiger partial charge on any atom is -0.376 e. The number of hydrogen-bond acceptors (Lipinski definition) is 4. The Morgan fingerprint density at radius 2 is 1.75 bits per heavy atom. The summed E-state index contributed by atoms with van der Waals surface area (Å²) in [6, 6.07) is 15.9. The number of morpholine rings is 1. The highest BCUT2D eigenvalue weighted by Crippen LogP contribution is 2.28. The summed E-state index contributed by atoms with van der Waals surface area (Å²) in [4.78, 5) is 5.06. The van der Waals surface area contributed by atoms with Crippen molar-refractivity contribution in [1.82, 2.24) is 4.90 Å². The zero-order chi connectivity index (χ0) is 19.3. The molecule has 0 aliphatic carbocycles. The highest BCUT2D eigenvalue weighted by atomic mass is 19.1. The molecule has 0 radical (unpaired) electrons. The van der Waals surface area contributed by atoms with Crippen molar-refractivity contribution >= 4 is 5.69 Å². The van der Waals surface area contributed by atoms with E-state index in [0.29, 0.717) is 18.7 Å². The van der Waals surface area contributed by atoms with Crippen LogP contribution in [0.1, 0.15) is 19.3 Å². The molecular formula is C23H30FN3O. The maximum Gasteiger partial charge on any atom is 0.123 e. The van der Waals surface area contributed by atoms with Crippen LogP contribution in [0.25, 0.3) is 11.1 Å². The molecule has 4 nitrogen and oxygen atoms in total. The second kappa shape index (κ2) is 9.03. The molecule has 2 heterocycles. The van der Waals surface area contributed by atoms with Crippen LogP contribution in [0, 0.1) is 5.82 Å². The maximum atomic E-state index is 13.6. The summed E-state index contributed by atoms with van der Waals surface area (Å²) in [5.41, 5.74) is 8.92. The molecule has 2 aromatic rings. The van der Waals surface area contributed by atoms with E-state index in [1.807, 2.05) is 6.07 Å². The Morgan fingerprint density at radius 1 is 1.00 bits per heavy atom. The predicted octanol–water partition coefficient (Wildman–Crippen LogP) is 3.51. The van der Waals surface area contributed by atoms with E-state index in [9.17, 15) is 4.39 Å². The molecule has 2 aliphatic heterocycles. The zero-order valence-corrected chi connectivity index (χ0v) is 16.4. The van der Waals surface area contributed by atoms with Gasteiger partial charge in [0.05, 0.1) is 12.7 Å². The lowest BCUT2D eigenvalue weighted by Crippen LogP contribution is -2.51. The molecule has 2 aliphatic rings. The first-order valence-corrected chi connectivity index (χ1v) is 10.4. The van der Waals surface area contributed by atoms with E-state index >= 15 is 0 Å². The SMILES string of the molecule is NCCC1CN(C2CCN(c3cccc(-c4cccc(F)c4)c3)CC2)CCO1. The number of rotatable bonds is 5. The van der Waals surface area contributed by atoms with E-state index < -0.39 is 0 Å². The fraction of sp³-hybridized carbons (Fsp3) is 0.478. The summed E-state index contributed by atoms with van der Waals surface area (Å²) in [5, 5.41) is 0. The molecule has 4 rings (SSSR count). The number of ether oxygens (including phenoxy) is 1. The molecule has 5 heteroatoms. The van der Waals surface area contributed by atoms with Crippen molar-refractivity contribution in [1.29, 1.82) is 0 Å². The van der Waals surface area contributed by atoms with Gasteiger partial charge < -0.3 is 15.4 Å². The van der Waals surface area contributed by atoms with Crippen LogP contribution >= 0.6 is 0 Å². The number of anilines is 1. The molecule has 2 fully saturated rings. The van der Waals surface area contributed by atoms with Crippen LogP contribution in [-0.4, -0.2) is 56.4 Å². The van der Waals surface area contributed by atoms with Gasteiger partial charge in [-0.1, -0.05) is 24.3 Å². The van der Waals surface area contributed by atoms with Crippen molar-refractivity contribution in [2.24, 2.45) is 5.73 Å². The van der Waals surface area contributed by atoms with Crippen molar-refractivity contribution in [3.63, 3.8) is 0 Å². The van der Waals surface area contributed by atoms with Gasteiger partial charge in [0.2, 0.25) is 0 Å². The van der Waals surface area contributed by atoms with Gasteiger partial charge in [-0.2, -0.15) is 0 Å². The van der Waals surface area contributed by atoms with Gasteiger partial charge in [-0.05, 0) is 61.2 Å². The third-order valence-electron chi connectivity index (χ3n) is 6.01. The molecule has 0 amide bonds. The van der Waals surface area contributed by atoms with Crippen molar-refractivity contribution in [2.45, 2.75) is 31.4 Å². The van der Waals surface area contributed by atoms with Crippen molar-refractivity contribution in [2.75, 3.05) is 44.2 Å². The molecule has 1 unspecified atom stereocenters. The van der Waals surface area contributed by atoms with Gasteiger partial charge in [0.25, 0.3) is 0 Å². The maximum absolute atomic E-state index is 13.6. The average molecular weight is 384 g/mol. The molecule has 0 saturated carbocycles. The zero-order valence-electron chi connectivity index (χ0n) is 16.4. The summed E-state index contributed by atoms with van der Waals surface area (Å²) in [7, 11) is 0. The molecule has 0 aromatic heterocycles. The largest absolute Gasteiger partial charge is 0.376 e. The Labute approximate surface area is 167 Å². The van der Waals surface area contributed by atoms with Crippen LogP contribution in [0.5, 0.6) is 0 Å². The normalized spacial score (nSPS) is 21.8. The van der Waals surface area contributed by atoms with Crippen LogP contribution < -0.4 is 10.6 Å². The van der Waals surface area contributed by atoms with Gasteiger partial charge in [0.1, 0.15) is 5.82 Å². The first-order chi connectivity index (χ1) is 13.7. The summed E-state index contributed by atoms with van der Waals surface area (Å²) in [5.74, 6) is -0.192. The van der Waals surface area contributed by atoms with Crippen molar-refractivity contribution in [3.05, 3.63) is 54.3 Å². The molecular weight excluding hydrogens is 353 g/mol. The van der Waals surface area contributed by atoms with E-state index in [1.54, 1.807) is 12.1 Å². The lowest BCUT2D eigenvalue weighted by Gasteiger charge is -2.42. The van der Waals surface area contributed by atoms with E-state index in [-0.39, 0.29) is 5.82 Å². The Balaban J connectivity index is 1.38. The molecule has 1 atom stereocenters. The first kappa shape index (κ1) is 19.4. The minimum absolute atomic E-state index is 0.192. The number of piperidine rings is 1. The summed E-state index contributed by atoms with van der Waals surface area (Å²) < 4.78 is 19.4. The molecule has 2 N–H and O–H groups in total. The van der Waals surface area contributed by atoms with Crippen LogP contribution in [-0.2, 0) is 4.74 Å². The van der Waals surface area contributed by atoms with E-state index in [4.69, 9.17) is 10.5 Å². The van der Waals surface area contributed by atoms with E-state index in [1.165, 1.54) is 24.6 Å². The third kappa shape index (κ3) is 4.54. The van der Waals surface area contributed by atoms with Gasteiger partial charge >= 0.3 is 0 Å². The second-order valence-corrected chi connectivity index (χ2v) is 7.84. The molecule has 28 heavy (non-hydrogen) atoms. The summed E-state index contributed by atoms with van der Waals surface area (Å²) in [6.45, 7) is 5.66. The number of nitrogens with two attached hydrogens (primary N) is 1. The van der Waals surface area contributed by atoms with Gasteiger partial charge in [-0.15, -0.1) is 0 Å². The number of benzene rings is 2. The van der Waals surface area contributed by atoms with E-state index in [2.05, 4.69) is 34.1 Å². The van der Waals surface area contributed by atoms with Gasteiger partial charge in [-0.3, -0.25) is 4.90 Å². The Hall–Kier alpha value is -1.95. The third-order valence-corrected chi connectivity index (χ3v) is 6.01. The Kier molecular flexibility index (Phi) is 6.25. The van der Waals surface area contributed by atoms with E-state index in [0.717, 1.165) is 50.3 Å². The van der Waals surface area contributed by atoms with Crippen LogP contribution in [0.3, 0.4) is 0 Å². The van der Waals surface area contributed by atoms with Crippen LogP contribution in [0.2, 0.25) is 0 Å². The fourth-order valence-corrected chi connectivity index (χ4v) is 4.47. The first-order valence-electron chi connectivity index (χ1n) is 10.4. The van der Waals surface area contributed by atoms with Gasteiger partial charge in [0, 0.05) is 37.9 Å². The topological polar surface area (TPSA) is 41.7 Å². The average Bonchev–Trinajstić information content (AvgIpc) is 2.74. The van der Waals surface area contributed by atoms with Gasteiger partial charge in [-0.25, -0.2) is 4.39 Å². The lowest BCUT2D eigenvalue weighted by atomic mass is 9.99. The molecule has 150 valence electrons. The highest BCUT2D eigenvalue weighted by molar-refractivity contribution is 5.68. The fourth-order valence-electron chi connectivity index (χ4n) is 4.47. The minimum atomic E-state index is -0.192. The summed E-state index contributed by atoms with van der Waals surface area (Å²) >= 11 is 0. The predicted molar refractivity (Wildman–Crippen MR) is 112 cm³/mol. The number of nitrogens with zero attached hydrogens (tertiary/aromatic N) is 2. The molecule has 2 saturated heterocycles. The van der Waals surface area contributed by atoms with Crippen molar-refractivity contribution < 1.29 is 9.13 Å². The number of halogens is 1. The van der Waals surface area contributed by atoms with Gasteiger partial charge in [0.15, 0.2) is 0 Å². The molecule has 0 spiro atoms. The standard InChI is InChI=1S/C23H30FN3O/c24-20-5-1-3-18(15-20)19-4-2-6-22(16-19)26-11-8-21(9-12-26)27-13-14-28-23(17-27)7-10-25/h1-6,15-16,21,23H,7-14,17,25H2. The smallest absolute Gasteiger partial charge is 0.123 e. The van der Waals surface area contributed by atoms with Crippen LogP contribution in [0.15, 0.2) is 48.5 Å². The number of hydrogen-bond donors (Lipinski definition) is 1. The highest BCUT2D eigenvalue weighted by Gasteiger charge is 2.29. The summed E-state index contributed by atoms with van der Waals surface area (Å²) in [6.07, 6.45) is 3.57. The lowest BCUT2D eigenvalue weighted by molar-refractivity contribution is -0.0483. The Morgan fingerprint density at radius 3 is 2.50 bits per heavy atom. The molecule has 2 aromatic carbocycles. The van der Waals surface area contributed by atoms with Crippen LogP contribution in [0.4, 0.5) is 10.1 Å². The molecule has 0 bridgehead atoms. The second-order valence-electron chi connectivity index (χ2n) is 7.84. The quantitative estimate of drug-likeness (QED) is 0.858.